The standard InChI is InChI=1S/C59H104O14/c1-3-5-7-9-11-13-15-17-19-20-21-22-23-24-25-26-27-29-31-33-35-37-39-41-43-68-45-48(71-51(61)42-40-38-36-34-32-30-28-18-16-14-12-10-8-6-4-2)46-69-58-57(67)55(65)53(63)50(73-58)47-70-59-56(66)54(64)52(62)49(44-60)72-59/h5,7,11,13,17,19,21-22,24-25,48-50,52-60,62-67H,3-4,6,8-10,12,14-16,18,20,23,26-47H2,1-2H3/b7-5-,13-11-,19-17-,22-21-,25-24-. The lowest BCUT2D eigenvalue weighted by molar-refractivity contribution is -0.332. The summed E-state index contributed by atoms with van der Waals surface area (Å²) in [5, 5.41) is 72.3. The summed E-state index contributed by atoms with van der Waals surface area (Å²) in [6.45, 7) is 3.57. The number of rotatable bonds is 46. The molecule has 0 amide bonds. The molecule has 2 saturated heterocycles. The van der Waals surface area contributed by atoms with Gasteiger partial charge in [-0.15, -0.1) is 0 Å². The molecular formula is C59H104O14. The number of hydrogen-bond donors (Lipinski definition) is 7. The lowest BCUT2D eigenvalue weighted by Crippen LogP contribution is -2.61. The Morgan fingerprint density at radius 2 is 0.890 bits per heavy atom. The van der Waals surface area contributed by atoms with Crippen LogP contribution in [0.25, 0.3) is 0 Å². The number of esters is 1. The Labute approximate surface area is 441 Å². The molecular weight excluding hydrogens is 933 g/mol. The Bertz CT molecular complexity index is 1440. The van der Waals surface area contributed by atoms with Crippen molar-refractivity contribution in [2.45, 2.75) is 274 Å². The van der Waals surface area contributed by atoms with Crippen LogP contribution in [0.4, 0.5) is 0 Å². The van der Waals surface area contributed by atoms with Gasteiger partial charge in [0, 0.05) is 13.0 Å². The van der Waals surface area contributed by atoms with Crippen molar-refractivity contribution in [1.82, 2.24) is 0 Å². The van der Waals surface area contributed by atoms with Crippen molar-refractivity contribution in [1.29, 1.82) is 0 Å². The maximum absolute atomic E-state index is 13.1. The summed E-state index contributed by atoms with van der Waals surface area (Å²) in [5.41, 5.74) is 0. The topological polar surface area (TPSA) is 214 Å². The van der Waals surface area contributed by atoms with E-state index in [9.17, 15) is 40.5 Å². The molecule has 14 heteroatoms. The van der Waals surface area contributed by atoms with Crippen LogP contribution >= 0.6 is 0 Å². The van der Waals surface area contributed by atoms with Gasteiger partial charge in [-0.1, -0.05) is 203 Å². The van der Waals surface area contributed by atoms with Gasteiger partial charge in [0.05, 0.1) is 26.4 Å². The van der Waals surface area contributed by atoms with Gasteiger partial charge < -0.3 is 64.2 Å². The molecule has 11 atom stereocenters. The highest BCUT2D eigenvalue weighted by atomic mass is 16.7. The molecule has 7 N–H and O–H groups in total. The van der Waals surface area contributed by atoms with Gasteiger partial charge in [0.2, 0.25) is 0 Å². The van der Waals surface area contributed by atoms with Gasteiger partial charge in [-0.2, -0.15) is 0 Å². The predicted molar refractivity (Wildman–Crippen MR) is 289 cm³/mol. The molecule has 2 rings (SSSR count). The number of aliphatic hydroxyl groups excluding tert-OH is 7. The summed E-state index contributed by atoms with van der Waals surface area (Å²) in [7, 11) is 0. The van der Waals surface area contributed by atoms with Crippen LogP contribution in [0.15, 0.2) is 60.8 Å². The zero-order valence-electron chi connectivity index (χ0n) is 45.4. The molecule has 73 heavy (non-hydrogen) atoms. The van der Waals surface area contributed by atoms with E-state index in [4.69, 9.17) is 28.4 Å². The third-order valence-electron chi connectivity index (χ3n) is 13.5. The van der Waals surface area contributed by atoms with Crippen molar-refractivity contribution in [3.63, 3.8) is 0 Å². The maximum atomic E-state index is 13.1. The summed E-state index contributed by atoms with van der Waals surface area (Å²) in [5.74, 6) is -0.379. The Morgan fingerprint density at radius 3 is 1.40 bits per heavy atom. The Morgan fingerprint density at radius 1 is 0.466 bits per heavy atom. The van der Waals surface area contributed by atoms with E-state index in [-0.39, 0.29) is 25.6 Å². The van der Waals surface area contributed by atoms with E-state index < -0.39 is 80.7 Å². The lowest BCUT2D eigenvalue weighted by atomic mass is 9.98. The molecule has 0 radical (unpaired) electrons. The molecule has 2 heterocycles. The fraction of sp³-hybridized carbons (Fsp3) is 0.814. The Balaban J connectivity index is 1.71. The second kappa shape index (κ2) is 45.8. The van der Waals surface area contributed by atoms with E-state index in [1.807, 2.05) is 0 Å². The molecule has 0 spiro atoms. The number of hydrogen-bond acceptors (Lipinski definition) is 14. The quantitative estimate of drug-likeness (QED) is 0.0172. The minimum atomic E-state index is -1.71. The highest BCUT2D eigenvalue weighted by Gasteiger charge is 2.47. The predicted octanol–water partition coefficient (Wildman–Crippen LogP) is 10.1. The normalized spacial score (nSPS) is 25.4. The van der Waals surface area contributed by atoms with Crippen molar-refractivity contribution in [2.24, 2.45) is 0 Å². The van der Waals surface area contributed by atoms with Crippen LogP contribution in [0.1, 0.15) is 206 Å². The van der Waals surface area contributed by atoms with Crippen molar-refractivity contribution >= 4 is 5.97 Å². The van der Waals surface area contributed by atoms with Gasteiger partial charge >= 0.3 is 5.97 Å². The van der Waals surface area contributed by atoms with E-state index in [0.29, 0.717) is 13.0 Å². The van der Waals surface area contributed by atoms with Crippen molar-refractivity contribution < 1.29 is 69.0 Å². The molecule has 0 aliphatic carbocycles. The number of carbonyl (C=O) groups is 1. The minimum absolute atomic E-state index is 0.0557. The van der Waals surface area contributed by atoms with E-state index in [1.165, 1.54) is 103 Å². The van der Waals surface area contributed by atoms with Crippen LogP contribution in [0.2, 0.25) is 0 Å². The SMILES string of the molecule is CC/C=C\C/C=C\C/C=C\C/C=C\C/C=C\CCCCCCCCCCOCC(COC1OC(COC2OC(CO)C(O)C(O)C2O)C(O)C(O)C1O)OC(=O)CCCCCCCCCCCCCCCCC. The molecule has 0 bridgehead atoms. The lowest BCUT2D eigenvalue weighted by Gasteiger charge is -2.42. The average Bonchev–Trinajstić information content (AvgIpc) is 3.39. The molecule has 0 saturated carbocycles. The third-order valence-corrected chi connectivity index (χ3v) is 13.5. The average molecular weight is 1040 g/mol. The first kappa shape index (κ1) is 66.8. The van der Waals surface area contributed by atoms with Gasteiger partial charge in [0.25, 0.3) is 0 Å². The van der Waals surface area contributed by atoms with Gasteiger partial charge in [-0.05, 0) is 57.8 Å². The molecule has 11 unspecified atom stereocenters. The zero-order chi connectivity index (χ0) is 53.0. The third kappa shape index (κ3) is 32.8. The van der Waals surface area contributed by atoms with E-state index in [2.05, 4.69) is 74.6 Å². The van der Waals surface area contributed by atoms with E-state index in [1.54, 1.807) is 0 Å². The number of carbonyl (C=O) groups excluding carboxylic acids is 1. The number of unbranched alkanes of at least 4 members (excludes halogenated alkanes) is 22. The molecule has 0 aromatic carbocycles. The van der Waals surface area contributed by atoms with Crippen molar-refractivity contribution in [3.8, 4) is 0 Å². The minimum Gasteiger partial charge on any atom is -0.457 e. The summed E-state index contributed by atoms with van der Waals surface area (Å²) >= 11 is 0. The highest BCUT2D eigenvalue weighted by Crippen LogP contribution is 2.27. The molecule has 424 valence electrons. The van der Waals surface area contributed by atoms with Gasteiger partial charge in [0.15, 0.2) is 12.6 Å². The monoisotopic (exact) mass is 1040 g/mol. The van der Waals surface area contributed by atoms with Gasteiger partial charge in [-0.3, -0.25) is 4.79 Å². The molecule has 2 aliphatic heterocycles. The first-order valence-corrected chi connectivity index (χ1v) is 28.9. The van der Waals surface area contributed by atoms with Crippen LogP contribution in [0.5, 0.6) is 0 Å². The highest BCUT2D eigenvalue weighted by molar-refractivity contribution is 5.69. The van der Waals surface area contributed by atoms with E-state index in [0.717, 1.165) is 77.0 Å². The largest absolute Gasteiger partial charge is 0.457 e. The Hall–Kier alpha value is -2.31. The van der Waals surface area contributed by atoms with Crippen LogP contribution in [-0.2, 0) is 33.2 Å². The van der Waals surface area contributed by atoms with Crippen LogP contribution in [-0.4, -0.2) is 142 Å². The van der Waals surface area contributed by atoms with Crippen molar-refractivity contribution in [3.05, 3.63) is 60.8 Å². The van der Waals surface area contributed by atoms with Crippen molar-refractivity contribution in [2.75, 3.05) is 33.0 Å². The summed E-state index contributed by atoms with van der Waals surface area (Å²) in [6, 6.07) is 0. The molecule has 0 aromatic rings. The summed E-state index contributed by atoms with van der Waals surface area (Å²) in [6.07, 6.45) is 39.9. The maximum Gasteiger partial charge on any atom is 0.306 e. The van der Waals surface area contributed by atoms with Crippen LogP contribution < -0.4 is 0 Å². The molecule has 2 fully saturated rings. The molecule has 0 aromatic heterocycles. The fourth-order valence-electron chi connectivity index (χ4n) is 8.90. The molecule has 14 nitrogen and oxygen atoms in total. The second-order valence-corrected chi connectivity index (χ2v) is 20.1. The smallest absolute Gasteiger partial charge is 0.306 e. The summed E-state index contributed by atoms with van der Waals surface area (Å²) in [4.78, 5) is 13.1. The van der Waals surface area contributed by atoms with Gasteiger partial charge in [-0.25, -0.2) is 0 Å². The number of ether oxygens (including phenoxy) is 6. The fourth-order valence-corrected chi connectivity index (χ4v) is 8.90. The Kier molecular flexibility index (Phi) is 42.0. The van der Waals surface area contributed by atoms with Gasteiger partial charge in [0.1, 0.15) is 54.9 Å². The number of allylic oxidation sites excluding steroid dienone is 10. The number of aliphatic hydroxyl groups is 7. The zero-order valence-corrected chi connectivity index (χ0v) is 45.4. The van der Waals surface area contributed by atoms with Crippen LogP contribution in [0, 0.1) is 0 Å². The molecule has 2 aliphatic rings. The summed E-state index contributed by atoms with van der Waals surface area (Å²) < 4.78 is 34.4. The first-order valence-electron chi connectivity index (χ1n) is 28.9. The first-order chi connectivity index (χ1) is 35.6. The van der Waals surface area contributed by atoms with Crippen LogP contribution in [0.3, 0.4) is 0 Å². The second-order valence-electron chi connectivity index (χ2n) is 20.1. The van der Waals surface area contributed by atoms with E-state index >= 15 is 0 Å².